The number of allylic oxidation sites excluding steroid dienone is 2. The van der Waals surface area contributed by atoms with E-state index in [1.54, 1.807) is 20.8 Å². The van der Waals surface area contributed by atoms with Gasteiger partial charge in [-0.2, -0.15) is 4.79 Å². The molecule has 0 bridgehead atoms. The van der Waals surface area contributed by atoms with E-state index in [0.29, 0.717) is 0 Å². The maximum absolute atomic E-state index is 11.9. The number of rotatable bonds is 4. The van der Waals surface area contributed by atoms with Crippen LogP contribution in [0.3, 0.4) is 0 Å². The highest BCUT2D eigenvalue weighted by atomic mass is 16.6. The summed E-state index contributed by atoms with van der Waals surface area (Å²) in [5.41, 5.74) is 8.59. The fourth-order valence-corrected chi connectivity index (χ4v) is 1.89. The predicted molar refractivity (Wildman–Crippen MR) is 70.6 cm³/mol. The Morgan fingerprint density at radius 3 is 2.53 bits per heavy atom. The highest BCUT2D eigenvalue weighted by Gasteiger charge is 2.34. The summed E-state index contributed by atoms with van der Waals surface area (Å²) >= 11 is 0. The lowest BCUT2D eigenvalue weighted by molar-refractivity contribution is -0.152. The molecule has 0 spiro atoms. The van der Waals surface area contributed by atoms with Crippen LogP contribution in [-0.2, 0) is 14.3 Å². The van der Waals surface area contributed by atoms with E-state index in [4.69, 9.17) is 10.3 Å². The fourth-order valence-electron chi connectivity index (χ4n) is 1.89. The van der Waals surface area contributed by atoms with Crippen molar-refractivity contribution in [3.63, 3.8) is 0 Å². The molecule has 0 unspecified atom stereocenters. The van der Waals surface area contributed by atoms with Crippen molar-refractivity contribution in [1.82, 2.24) is 0 Å². The van der Waals surface area contributed by atoms with Gasteiger partial charge in [0.05, 0.1) is 0 Å². The van der Waals surface area contributed by atoms with Crippen molar-refractivity contribution >= 4 is 17.5 Å². The topological polar surface area (TPSA) is 79.8 Å². The standard InChI is InChI=1S/C14H20N2O3/c1-14(2,3)19-13(18)12(16-15)11(17)9-10-7-5-4-6-8-10/h7H,4-6,8-9H2,1-3H3. The minimum atomic E-state index is -0.878. The quantitative estimate of drug-likeness (QED) is 0.195. The number of Topliss-reactive ketones (excluding diaryl/α,β-unsaturated/α-hetero) is 1. The molecule has 0 heterocycles. The van der Waals surface area contributed by atoms with E-state index in [1.807, 2.05) is 6.08 Å². The summed E-state index contributed by atoms with van der Waals surface area (Å²) in [4.78, 5) is 26.5. The average Bonchev–Trinajstić information content (AvgIpc) is 2.28. The highest BCUT2D eigenvalue weighted by Crippen LogP contribution is 2.20. The van der Waals surface area contributed by atoms with E-state index >= 15 is 0 Å². The minimum absolute atomic E-state index is 0.124. The molecule has 19 heavy (non-hydrogen) atoms. The number of carbonyl (C=O) groups excluding carboxylic acids is 2. The average molecular weight is 264 g/mol. The van der Waals surface area contributed by atoms with E-state index in [9.17, 15) is 9.59 Å². The number of hydrogen-bond acceptors (Lipinski definition) is 3. The molecule has 104 valence electrons. The van der Waals surface area contributed by atoms with Crippen LogP contribution in [-0.4, -0.2) is 27.9 Å². The monoisotopic (exact) mass is 264 g/mol. The van der Waals surface area contributed by atoms with Gasteiger partial charge in [-0.3, -0.25) is 4.79 Å². The van der Waals surface area contributed by atoms with Gasteiger partial charge in [-0.25, -0.2) is 4.79 Å². The molecule has 0 N–H and O–H groups in total. The Bertz CT molecular complexity index is 452. The van der Waals surface area contributed by atoms with Crippen LogP contribution in [0.2, 0.25) is 0 Å². The molecule has 0 aliphatic heterocycles. The Balaban J connectivity index is 2.70. The van der Waals surface area contributed by atoms with Crippen molar-refractivity contribution in [3.8, 4) is 0 Å². The second kappa shape index (κ2) is 6.43. The molecule has 0 radical (unpaired) electrons. The van der Waals surface area contributed by atoms with Crippen LogP contribution in [0.5, 0.6) is 0 Å². The van der Waals surface area contributed by atoms with Gasteiger partial charge in [0.2, 0.25) is 0 Å². The molecule has 1 rings (SSSR count). The van der Waals surface area contributed by atoms with Gasteiger partial charge in [0, 0.05) is 6.42 Å². The molecule has 0 saturated carbocycles. The lowest BCUT2D eigenvalue weighted by Crippen LogP contribution is -2.34. The molecule has 5 heteroatoms. The number of esters is 1. The smallest absolute Gasteiger partial charge is 0.441 e. The number of hydrogen-bond donors (Lipinski definition) is 0. The van der Waals surface area contributed by atoms with Crippen LogP contribution in [0.1, 0.15) is 52.9 Å². The third-order valence-corrected chi connectivity index (χ3v) is 2.73. The number of nitrogens with zero attached hydrogens (tertiary/aromatic N) is 2. The molecule has 0 amide bonds. The molecule has 0 aromatic carbocycles. The Hall–Kier alpha value is -1.74. The maximum atomic E-state index is 11.9. The van der Waals surface area contributed by atoms with Gasteiger partial charge in [0.15, 0.2) is 0 Å². The van der Waals surface area contributed by atoms with E-state index in [0.717, 1.165) is 31.3 Å². The van der Waals surface area contributed by atoms with Crippen molar-refractivity contribution in [2.75, 3.05) is 0 Å². The Labute approximate surface area is 113 Å². The molecular formula is C14H20N2O3. The van der Waals surface area contributed by atoms with Gasteiger partial charge >= 0.3 is 11.7 Å². The number of ketones is 1. The molecular weight excluding hydrogens is 244 g/mol. The van der Waals surface area contributed by atoms with Crippen molar-refractivity contribution in [2.24, 2.45) is 0 Å². The lowest BCUT2D eigenvalue weighted by atomic mass is 9.94. The van der Waals surface area contributed by atoms with Crippen LogP contribution in [0, 0.1) is 0 Å². The van der Waals surface area contributed by atoms with Gasteiger partial charge in [-0.1, -0.05) is 11.6 Å². The number of ether oxygens (including phenoxy) is 1. The van der Waals surface area contributed by atoms with Crippen molar-refractivity contribution in [3.05, 3.63) is 17.2 Å². The van der Waals surface area contributed by atoms with Gasteiger partial charge in [-0.15, -0.1) is 0 Å². The van der Waals surface area contributed by atoms with E-state index in [2.05, 4.69) is 4.79 Å². The van der Waals surface area contributed by atoms with Crippen LogP contribution >= 0.6 is 0 Å². The first kappa shape index (κ1) is 15.3. The second-order valence-corrected chi connectivity index (χ2v) is 5.66. The summed E-state index contributed by atoms with van der Waals surface area (Å²) in [5.74, 6) is -1.37. The van der Waals surface area contributed by atoms with Crippen molar-refractivity contribution in [2.45, 2.75) is 58.5 Å². The zero-order valence-corrected chi connectivity index (χ0v) is 11.7. The first-order valence-electron chi connectivity index (χ1n) is 6.50. The van der Waals surface area contributed by atoms with Crippen molar-refractivity contribution in [1.29, 1.82) is 0 Å². The van der Waals surface area contributed by atoms with Gasteiger partial charge in [0.1, 0.15) is 5.60 Å². The highest BCUT2D eigenvalue weighted by molar-refractivity contribution is 6.62. The first-order valence-corrected chi connectivity index (χ1v) is 6.50. The molecule has 0 aromatic heterocycles. The van der Waals surface area contributed by atoms with E-state index in [1.165, 1.54) is 0 Å². The molecule has 1 aliphatic rings. The van der Waals surface area contributed by atoms with Crippen LogP contribution < -0.4 is 0 Å². The summed E-state index contributed by atoms with van der Waals surface area (Å²) in [6, 6.07) is 0. The second-order valence-electron chi connectivity index (χ2n) is 5.66. The van der Waals surface area contributed by atoms with Crippen LogP contribution in [0.25, 0.3) is 5.53 Å². The molecule has 0 aromatic rings. The SMILES string of the molecule is CC(C)(C)OC(=O)C(=[N+]=[N-])C(=O)CC1=CCCCC1. The molecule has 0 fully saturated rings. The summed E-state index contributed by atoms with van der Waals surface area (Å²) < 4.78 is 5.03. The molecule has 0 atom stereocenters. The van der Waals surface area contributed by atoms with E-state index < -0.39 is 23.1 Å². The van der Waals surface area contributed by atoms with Crippen LogP contribution in [0.4, 0.5) is 0 Å². The zero-order chi connectivity index (χ0) is 14.5. The molecule has 1 aliphatic carbocycles. The summed E-state index contributed by atoms with van der Waals surface area (Å²) in [5, 5.41) is 0. The Morgan fingerprint density at radius 1 is 1.37 bits per heavy atom. The molecule has 5 nitrogen and oxygen atoms in total. The van der Waals surface area contributed by atoms with Gasteiger partial charge in [0.25, 0.3) is 5.78 Å². The molecule has 0 saturated heterocycles. The normalized spacial score (nSPS) is 15.2. The number of carbonyl (C=O) groups is 2. The Kier molecular flexibility index (Phi) is 5.19. The summed E-state index contributed by atoms with van der Waals surface area (Å²) in [6.07, 6.45) is 6.14. The van der Waals surface area contributed by atoms with Crippen molar-refractivity contribution < 1.29 is 19.1 Å². The predicted octanol–water partition coefficient (Wildman–Crippen LogP) is 2.46. The fraction of sp³-hybridized carbons (Fsp3) is 0.643. The maximum Gasteiger partial charge on any atom is 0.441 e. The van der Waals surface area contributed by atoms with Gasteiger partial charge in [-0.05, 0) is 46.5 Å². The largest absolute Gasteiger partial charge is 0.451 e. The lowest BCUT2D eigenvalue weighted by Gasteiger charge is -2.17. The summed E-state index contributed by atoms with van der Waals surface area (Å²) in [7, 11) is 0. The third-order valence-electron chi connectivity index (χ3n) is 2.73. The van der Waals surface area contributed by atoms with E-state index in [-0.39, 0.29) is 6.42 Å². The summed E-state index contributed by atoms with van der Waals surface area (Å²) in [6.45, 7) is 5.07. The zero-order valence-electron chi connectivity index (χ0n) is 11.7. The Morgan fingerprint density at radius 2 is 2.05 bits per heavy atom. The first-order chi connectivity index (χ1) is 8.83. The van der Waals surface area contributed by atoms with Gasteiger partial charge < -0.3 is 10.3 Å². The third kappa shape index (κ3) is 5.18. The minimum Gasteiger partial charge on any atom is -0.451 e. The van der Waals surface area contributed by atoms with Crippen LogP contribution in [0.15, 0.2) is 11.6 Å².